The molecule has 1 unspecified atom stereocenters. The summed E-state index contributed by atoms with van der Waals surface area (Å²) >= 11 is 11.8. The van der Waals surface area contributed by atoms with Gasteiger partial charge in [0.25, 0.3) is 0 Å². The van der Waals surface area contributed by atoms with Gasteiger partial charge in [0.1, 0.15) is 11.6 Å². The molecule has 2 aromatic rings. The van der Waals surface area contributed by atoms with Crippen LogP contribution in [0.3, 0.4) is 0 Å². The number of fused-ring (bicyclic) bond motifs is 1. The Balaban J connectivity index is 2.66. The number of nitriles is 1. The van der Waals surface area contributed by atoms with Crippen molar-refractivity contribution in [2.75, 3.05) is 0 Å². The van der Waals surface area contributed by atoms with Gasteiger partial charge in [-0.25, -0.2) is 0 Å². The largest absolute Gasteiger partial charge is 0.255 e. The first kappa shape index (κ1) is 10.3. The van der Waals surface area contributed by atoms with Crippen LogP contribution in [-0.2, 0) is 0 Å². The number of hydrogen-bond donors (Lipinski definition) is 0. The third-order valence-corrected chi connectivity index (χ3v) is 2.63. The van der Waals surface area contributed by atoms with Crippen LogP contribution >= 0.6 is 23.2 Å². The molecule has 1 aromatic carbocycles. The highest BCUT2D eigenvalue weighted by Gasteiger charge is 2.09. The van der Waals surface area contributed by atoms with E-state index in [2.05, 4.69) is 11.2 Å². The van der Waals surface area contributed by atoms with Crippen LogP contribution in [0.1, 0.15) is 13.0 Å². The lowest BCUT2D eigenvalue weighted by Crippen LogP contribution is -2.02. The summed E-state index contributed by atoms with van der Waals surface area (Å²) in [6.07, 6.45) is 1.76. The molecule has 0 aliphatic heterocycles. The monoisotopic (exact) mass is 239 g/mol. The molecule has 2 rings (SSSR count). The summed E-state index contributed by atoms with van der Waals surface area (Å²) in [4.78, 5) is 0. The summed E-state index contributed by atoms with van der Waals surface area (Å²) in [5.41, 5.74) is 0.670. The molecule has 0 N–H and O–H groups in total. The average molecular weight is 240 g/mol. The van der Waals surface area contributed by atoms with Crippen LogP contribution in [0.15, 0.2) is 18.3 Å². The zero-order valence-electron chi connectivity index (χ0n) is 7.91. The van der Waals surface area contributed by atoms with Crippen LogP contribution < -0.4 is 0 Å². The van der Waals surface area contributed by atoms with E-state index in [1.165, 1.54) is 0 Å². The predicted molar refractivity (Wildman–Crippen MR) is 60.1 cm³/mol. The summed E-state index contributed by atoms with van der Waals surface area (Å²) in [6.45, 7) is 1.77. The van der Waals surface area contributed by atoms with Crippen molar-refractivity contribution in [3.8, 4) is 6.07 Å². The van der Waals surface area contributed by atoms with Crippen molar-refractivity contribution >= 4 is 34.1 Å². The summed E-state index contributed by atoms with van der Waals surface area (Å²) in [5, 5.41) is 14.9. The molecule has 0 aliphatic carbocycles. The van der Waals surface area contributed by atoms with Crippen molar-refractivity contribution in [3.05, 3.63) is 28.4 Å². The number of hydrogen-bond acceptors (Lipinski definition) is 2. The Morgan fingerprint density at radius 1 is 1.47 bits per heavy atom. The Morgan fingerprint density at radius 3 is 2.87 bits per heavy atom. The average Bonchev–Trinajstić information content (AvgIpc) is 2.60. The van der Waals surface area contributed by atoms with Crippen LogP contribution in [-0.4, -0.2) is 9.78 Å². The molecule has 0 fully saturated rings. The summed E-state index contributed by atoms with van der Waals surface area (Å²) in [6, 6.07) is 5.20. The molecule has 0 saturated carbocycles. The van der Waals surface area contributed by atoms with Gasteiger partial charge in [0.2, 0.25) is 0 Å². The van der Waals surface area contributed by atoms with Gasteiger partial charge in [0.15, 0.2) is 0 Å². The Kier molecular flexibility index (Phi) is 2.56. The second kappa shape index (κ2) is 3.73. The molecule has 0 spiro atoms. The number of rotatable bonds is 1. The van der Waals surface area contributed by atoms with Crippen molar-refractivity contribution in [2.45, 2.75) is 13.0 Å². The van der Waals surface area contributed by atoms with E-state index in [4.69, 9.17) is 28.5 Å². The van der Waals surface area contributed by atoms with Crippen LogP contribution in [0.4, 0.5) is 0 Å². The molecule has 1 atom stereocenters. The molecule has 0 saturated heterocycles. The SMILES string of the molecule is CC(C#N)n1cc2cc(Cl)cc(Cl)c2n1. The van der Waals surface area contributed by atoms with E-state index in [1.807, 2.05) is 0 Å². The highest BCUT2D eigenvalue weighted by Crippen LogP contribution is 2.27. The van der Waals surface area contributed by atoms with Crippen molar-refractivity contribution in [3.63, 3.8) is 0 Å². The maximum Gasteiger partial charge on any atom is 0.135 e. The lowest BCUT2D eigenvalue weighted by Gasteiger charge is -1.99. The molecule has 0 aliphatic rings. The third-order valence-electron chi connectivity index (χ3n) is 2.13. The summed E-state index contributed by atoms with van der Waals surface area (Å²) in [5.74, 6) is 0. The van der Waals surface area contributed by atoms with Crippen molar-refractivity contribution in [1.82, 2.24) is 9.78 Å². The topological polar surface area (TPSA) is 41.6 Å². The third kappa shape index (κ3) is 1.79. The number of halogens is 2. The van der Waals surface area contributed by atoms with Gasteiger partial charge in [0, 0.05) is 16.6 Å². The maximum absolute atomic E-state index is 8.77. The van der Waals surface area contributed by atoms with Crippen molar-refractivity contribution < 1.29 is 0 Å². The van der Waals surface area contributed by atoms with E-state index >= 15 is 0 Å². The van der Waals surface area contributed by atoms with Crippen molar-refractivity contribution in [1.29, 1.82) is 5.26 Å². The Morgan fingerprint density at radius 2 is 2.20 bits per heavy atom. The van der Waals surface area contributed by atoms with Gasteiger partial charge in [0.05, 0.1) is 11.1 Å². The predicted octanol–water partition coefficient (Wildman–Crippen LogP) is 3.43. The minimum atomic E-state index is -0.313. The summed E-state index contributed by atoms with van der Waals surface area (Å²) < 4.78 is 1.58. The van der Waals surface area contributed by atoms with Crippen LogP contribution in [0.5, 0.6) is 0 Å². The van der Waals surface area contributed by atoms with Gasteiger partial charge in [-0.1, -0.05) is 23.2 Å². The van der Waals surface area contributed by atoms with Crippen LogP contribution in [0, 0.1) is 11.3 Å². The van der Waals surface area contributed by atoms with Gasteiger partial charge in [-0.15, -0.1) is 0 Å². The van der Waals surface area contributed by atoms with E-state index in [0.717, 1.165) is 5.39 Å². The smallest absolute Gasteiger partial charge is 0.135 e. The second-order valence-corrected chi connectivity index (χ2v) is 4.08. The van der Waals surface area contributed by atoms with E-state index in [9.17, 15) is 0 Å². The van der Waals surface area contributed by atoms with Crippen LogP contribution in [0.2, 0.25) is 10.0 Å². The fraction of sp³-hybridized carbons (Fsp3) is 0.200. The molecule has 76 valence electrons. The molecule has 0 bridgehead atoms. The second-order valence-electron chi connectivity index (χ2n) is 3.24. The van der Waals surface area contributed by atoms with Crippen molar-refractivity contribution in [2.24, 2.45) is 0 Å². The first-order valence-electron chi connectivity index (χ1n) is 4.35. The maximum atomic E-state index is 8.77. The van der Waals surface area contributed by atoms with Crippen LogP contribution in [0.25, 0.3) is 10.9 Å². The Bertz CT molecular complexity index is 554. The highest BCUT2D eigenvalue weighted by molar-refractivity contribution is 6.38. The Hall–Kier alpha value is -1.24. The van der Waals surface area contributed by atoms with E-state index in [-0.39, 0.29) is 6.04 Å². The first-order valence-corrected chi connectivity index (χ1v) is 5.11. The van der Waals surface area contributed by atoms with E-state index in [1.54, 1.807) is 29.9 Å². The normalized spacial score (nSPS) is 12.7. The van der Waals surface area contributed by atoms with E-state index in [0.29, 0.717) is 15.6 Å². The molecule has 5 heteroatoms. The van der Waals surface area contributed by atoms with Gasteiger partial charge in [-0.3, -0.25) is 4.68 Å². The first-order chi connectivity index (χ1) is 7.11. The zero-order valence-corrected chi connectivity index (χ0v) is 9.42. The molecule has 0 amide bonds. The molecular weight excluding hydrogens is 233 g/mol. The molecule has 15 heavy (non-hydrogen) atoms. The number of benzene rings is 1. The summed E-state index contributed by atoms with van der Waals surface area (Å²) in [7, 11) is 0. The molecular formula is C10H7Cl2N3. The Labute approximate surface area is 96.8 Å². The molecule has 1 aromatic heterocycles. The molecule has 3 nitrogen and oxygen atoms in total. The fourth-order valence-corrected chi connectivity index (χ4v) is 1.88. The van der Waals surface area contributed by atoms with E-state index < -0.39 is 0 Å². The quantitative estimate of drug-likeness (QED) is 0.766. The van der Waals surface area contributed by atoms with Gasteiger partial charge < -0.3 is 0 Å². The fourth-order valence-electron chi connectivity index (χ4n) is 1.33. The lowest BCUT2D eigenvalue weighted by atomic mass is 10.2. The van der Waals surface area contributed by atoms with Gasteiger partial charge in [-0.05, 0) is 19.1 Å². The minimum absolute atomic E-state index is 0.313. The number of nitrogens with zero attached hydrogens (tertiary/aromatic N) is 3. The lowest BCUT2D eigenvalue weighted by molar-refractivity contribution is 0.597. The zero-order chi connectivity index (χ0) is 11.0. The minimum Gasteiger partial charge on any atom is -0.255 e. The molecule has 1 heterocycles. The van der Waals surface area contributed by atoms with Gasteiger partial charge >= 0.3 is 0 Å². The number of aromatic nitrogens is 2. The highest BCUT2D eigenvalue weighted by atomic mass is 35.5. The van der Waals surface area contributed by atoms with Gasteiger partial charge in [-0.2, -0.15) is 10.4 Å². The standard InChI is InChI=1S/C10H7Cl2N3/c1-6(4-13)15-5-7-2-8(11)3-9(12)10(7)14-15/h2-3,5-6H,1H3. The molecule has 0 radical (unpaired) electrons.